The van der Waals surface area contributed by atoms with Crippen LogP contribution in [0.2, 0.25) is 0 Å². The molecular weight excluding hydrogens is 312 g/mol. The molecule has 0 aromatic carbocycles. The molecule has 0 aromatic heterocycles. The molecule has 124 valence electrons. The quantitative estimate of drug-likeness (QED) is 0.601. The normalized spacial score (nSPS) is 42.0. The van der Waals surface area contributed by atoms with E-state index in [-0.39, 0.29) is 11.8 Å². The third kappa shape index (κ3) is 2.28. The van der Waals surface area contributed by atoms with E-state index in [1.54, 1.807) is 0 Å². The van der Waals surface area contributed by atoms with Gasteiger partial charge in [0.15, 0.2) is 11.5 Å². The summed E-state index contributed by atoms with van der Waals surface area (Å²) in [5.41, 5.74) is -0.612. The lowest BCUT2D eigenvalue weighted by atomic mass is 9.51. The fourth-order valence-corrected chi connectivity index (χ4v) is 5.67. The lowest BCUT2D eigenvalue weighted by Crippen LogP contribution is -2.65. The Kier molecular flexibility index (Phi) is 3.15. The van der Waals surface area contributed by atoms with Gasteiger partial charge in [-0.2, -0.15) is 8.42 Å². The zero-order chi connectivity index (χ0) is 15.6. The Balaban J connectivity index is 1.54. The maximum Gasteiger partial charge on any atom is 0.324 e. The van der Waals surface area contributed by atoms with E-state index in [4.69, 9.17) is 18.8 Å². The second kappa shape index (κ2) is 4.66. The van der Waals surface area contributed by atoms with E-state index in [9.17, 15) is 13.2 Å². The van der Waals surface area contributed by atoms with E-state index in [1.165, 1.54) is 0 Å². The average Bonchev–Trinajstić information content (AvgIpc) is 2.82. The van der Waals surface area contributed by atoms with Crippen LogP contribution in [0.4, 0.5) is 0 Å². The van der Waals surface area contributed by atoms with Crippen LogP contribution >= 0.6 is 0 Å². The van der Waals surface area contributed by atoms with Crippen LogP contribution in [0, 0.1) is 17.8 Å². The van der Waals surface area contributed by atoms with Crippen LogP contribution in [0.15, 0.2) is 0 Å². The van der Waals surface area contributed by atoms with Gasteiger partial charge in [-0.05, 0) is 38.0 Å². The molecule has 7 nitrogen and oxygen atoms in total. The first kappa shape index (κ1) is 14.9. The predicted molar refractivity (Wildman–Crippen MR) is 73.4 cm³/mol. The van der Waals surface area contributed by atoms with E-state index in [1.807, 2.05) is 0 Å². The summed E-state index contributed by atoms with van der Waals surface area (Å²) in [6.07, 6.45) is 4.09. The third-order valence-corrected chi connectivity index (χ3v) is 6.24. The molecule has 1 heterocycles. The van der Waals surface area contributed by atoms with Gasteiger partial charge in [0.25, 0.3) is 10.1 Å². The van der Waals surface area contributed by atoms with Crippen LogP contribution < -0.4 is 0 Å². The highest BCUT2D eigenvalue weighted by atomic mass is 32.2. The number of rotatable bonds is 3. The molecule has 4 saturated carbocycles. The third-order valence-electron chi connectivity index (χ3n) is 5.64. The molecule has 22 heavy (non-hydrogen) atoms. The van der Waals surface area contributed by atoms with Crippen molar-refractivity contribution in [3.63, 3.8) is 0 Å². The topological polar surface area (TPSA) is 99.1 Å². The van der Waals surface area contributed by atoms with Crippen molar-refractivity contribution in [2.24, 2.45) is 17.8 Å². The largest absolute Gasteiger partial charge is 0.458 e. The molecule has 1 saturated heterocycles. The van der Waals surface area contributed by atoms with Gasteiger partial charge in [0, 0.05) is 11.8 Å². The molecule has 2 atom stereocenters. The Morgan fingerprint density at radius 2 is 1.73 bits per heavy atom. The Labute approximate surface area is 129 Å². The second-order valence-electron chi connectivity index (χ2n) is 7.15. The Bertz CT molecular complexity index is 574. The maximum absolute atomic E-state index is 11.8. The molecule has 4 aliphatic carbocycles. The Morgan fingerprint density at radius 3 is 2.27 bits per heavy atom. The van der Waals surface area contributed by atoms with Crippen molar-refractivity contribution < 1.29 is 32.0 Å². The summed E-state index contributed by atoms with van der Waals surface area (Å²) in [5, 5.41) is 0. The van der Waals surface area contributed by atoms with Crippen LogP contribution in [-0.4, -0.2) is 49.3 Å². The molecule has 0 radical (unpaired) electrons. The summed E-state index contributed by atoms with van der Waals surface area (Å²) < 4.78 is 47.9. The predicted octanol–water partition coefficient (Wildman–Crippen LogP) is 0.739. The van der Waals surface area contributed by atoms with Gasteiger partial charge in [-0.15, -0.1) is 0 Å². The number of ether oxygens (including phenoxy) is 3. The molecule has 1 N–H and O–H groups in total. The van der Waals surface area contributed by atoms with Gasteiger partial charge in [0.05, 0.1) is 13.2 Å². The van der Waals surface area contributed by atoms with Crippen molar-refractivity contribution in [1.82, 2.24) is 0 Å². The van der Waals surface area contributed by atoms with E-state index >= 15 is 0 Å². The summed E-state index contributed by atoms with van der Waals surface area (Å²) in [5.74, 6) is -1.51. The van der Waals surface area contributed by atoms with Crippen LogP contribution in [0.25, 0.3) is 0 Å². The molecular formula is C14H20O7S. The van der Waals surface area contributed by atoms with E-state index in [0.717, 1.165) is 19.3 Å². The lowest BCUT2D eigenvalue weighted by molar-refractivity contribution is -0.314. The molecule has 5 fully saturated rings. The highest BCUT2D eigenvalue weighted by Crippen LogP contribution is 2.63. The summed E-state index contributed by atoms with van der Waals surface area (Å²) in [6.45, 7) is 1.21. The van der Waals surface area contributed by atoms with Crippen LogP contribution in [0.5, 0.6) is 0 Å². The highest BCUT2D eigenvalue weighted by molar-refractivity contribution is 7.86. The summed E-state index contributed by atoms with van der Waals surface area (Å²) >= 11 is 0. The Hall–Kier alpha value is -0.700. The van der Waals surface area contributed by atoms with Crippen LogP contribution in [0.1, 0.15) is 32.1 Å². The maximum atomic E-state index is 11.8. The SMILES string of the molecule is O=C(CS(=O)(=O)O)OC12CC3CC(C1)C1(OCCO1)C(C3)C2. The number of esters is 1. The van der Waals surface area contributed by atoms with Gasteiger partial charge >= 0.3 is 5.97 Å². The lowest BCUT2D eigenvalue weighted by Gasteiger charge is -2.61. The first-order valence-corrected chi connectivity index (χ1v) is 9.36. The number of carbonyl (C=O) groups excluding carboxylic acids is 1. The summed E-state index contributed by atoms with van der Waals surface area (Å²) in [6, 6.07) is 0. The molecule has 2 unspecified atom stereocenters. The first-order chi connectivity index (χ1) is 10.3. The van der Waals surface area contributed by atoms with Crippen molar-refractivity contribution >= 4 is 16.1 Å². The monoisotopic (exact) mass is 332 g/mol. The minimum absolute atomic E-state index is 0.194. The standard InChI is InChI=1S/C14H20O7S/c15-12(8-22(16,17)18)21-13-5-9-3-10(6-13)14(11(4-9)7-13)19-1-2-20-14/h9-11H,1-8H2,(H,16,17,18). The second-order valence-corrected chi connectivity index (χ2v) is 8.60. The zero-order valence-corrected chi connectivity index (χ0v) is 13.0. The van der Waals surface area contributed by atoms with E-state index in [0.29, 0.717) is 32.0 Å². The van der Waals surface area contributed by atoms with Crippen molar-refractivity contribution in [3.05, 3.63) is 0 Å². The fourth-order valence-electron chi connectivity index (χ4n) is 5.32. The number of carbonyl (C=O) groups is 1. The van der Waals surface area contributed by atoms with Gasteiger partial charge in [0.1, 0.15) is 5.60 Å². The molecule has 1 aliphatic heterocycles. The minimum atomic E-state index is -4.35. The first-order valence-electron chi connectivity index (χ1n) is 7.75. The van der Waals surface area contributed by atoms with Gasteiger partial charge in [-0.25, -0.2) is 0 Å². The van der Waals surface area contributed by atoms with E-state index in [2.05, 4.69) is 0 Å². The minimum Gasteiger partial charge on any atom is -0.458 e. The molecule has 1 spiro atoms. The van der Waals surface area contributed by atoms with Crippen molar-refractivity contribution in [2.45, 2.75) is 43.5 Å². The van der Waals surface area contributed by atoms with Gasteiger partial charge in [0.2, 0.25) is 0 Å². The molecule has 0 amide bonds. The highest BCUT2D eigenvalue weighted by Gasteiger charge is 2.66. The smallest absolute Gasteiger partial charge is 0.324 e. The van der Waals surface area contributed by atoms with Crippen LogP contribution in [0.3, 0.4) is 0 Å². The van der Waals surface area contributed by atoms with Gasteiger partial charge in [-0.3, -0.25) is 9.35 Å². The zero-order valence-electron chi connectivity index (χ0n) is 12.2. The Morgan fingerprint density at radius 1 is 1.14 bits per heavy atom. The molecule has 0 aromatic rings. The average molecular weight is 332 g/mol. The van der Waals surface area contributed by atoms with Crippen molar-refractivity contribution in [2.75, 3.05) is 19.0 Å². The van der Waals surface area contributed by atoms with Crippen molar-refractivity contribution in [3.8, 4) is 0 Å². The number of hydrogen-bond acceptors (Lipinski definition) is 6. The summed E-state index contributed by atoms with van der Waals surface area (Å²) in [7, 11) is -4.35. The summed E-state index contributed by atoms with van der Waals surface area (Å²) in [4.78, 5) is 11.8. The van der Waals surface area contributed by atoms with Crippen molar-refractivity contribution in [1.29, 1.82) is 0 Å². The van der Waals surface area contributed by atoms with Crippen LogP contribution in [-0.2, 0) is 29.1 Å². The van der Waals surface area contributed by atoms with Gasteiger partial charge < -0.3 is 14.2 Å². The molecule has 5 rings (SSSR count). The molecule has 5 aliphatic rings. The molecule has 8 heteroatoms. The molecule has 4 bridgehead atoms. The van der Waals surface area contributed by atoms with Gasteiger partial charge in [-0.1, -0.05) is 0 Å². The number of hydrogen-bond donors (Lipinski definition) is 1. The van der Waals surface area contributed by atoms with E-state index < -0.39 is 33.2 Å². The fraction of sp³-hybridized carbons (Fsp3) is 0.929.